The van der Waals surface area contributed by atoms with Crippen LogP contribution in [0.4, 0.5) is 4.79 Å². The van der Waals surface area contributed by atoms with Crippen LogP contribution < -0.4 is 10.8 Å². The molecule has 3 aromatic rings. The summed E-state index contributed by atoms with van der Waals surface area (Å²) in [4.78, 5) is 39.9. The largest absolute Gasteiger partial charge is 0.479 e. The smallest absolute Gasteiger partial charge is 0.407 e. The molecule has 1 aliphatic rings. The highest BCUT2D eigenvalue weighted by Crippen LogP contribution is 2.44. The Balaban J connectivity index is 1.38. The van der Waals surface area contributed by atoms with Gasteiger partial charge in [-0.2, -0.15) is 0 Å². The van der Waals surface area contributed by atoms with Crippen molar-refractivity contribution in [2.45, 2.75) is 24.8 Å². The molecule has 0 bridgehead atoms. The Labute approximate surface area is 202 Å². The van der Waals surface area contributed by atoms with E-state index < -0.39 is 30.6 Å². The fourth-order valence-electron chi connectivity index (χ4n) is 4.29. The van der Waals surface area contributed by atoms with E-state index in [-0.39, 0.29) is 25.4 Å². The maximum absolute atomic E-state index is 12.8. The van der Waals surface area contributed by atoms with Crippen LogP contribution in [0.3, 0.4) is 0 Å². The van der Waals surface area contributed by atoms with E-state index in [9.17, 15) is 14.4 Å². The van der Waals surface area contributed by atoms with Crippen LogP contribution in [0.2, 0.25) is 0 Å². The molecule has 0 radical (unpaired) electrons. The number of carboxylic acid groups (broad SMARTS) is 1. The van der Waals surface area contributed by atoms with Gasteiger partial charge in [-0.05, 0) is 34.2 Å². The lowest BCUT2D eigenvalue weighted by Gasteiger charge is -2.20. The molecular weight excluding hydrogens is 448 g/mol. The van der Waals surface area contributed by atoms with Crippen LogP contribution in [0.15, 0.2) is 78.9 Å². The number of carbonyl (C=O) groups excluding carboxylic acids is 2. The Morgan fingerprint density at radius 2 is 1.46 bits per heavy atom. The number of aliphatic carboxylic acids is 1. The van der Waals surface area contributed by atoms with Crippen LogP contribution in [-0.4, -0.2) is 36.3 Å². The monoisotopic (exact) mass is 474 g/mol. The molecule has 0 spiro atoms. The van der Waals surface area contributed by atoms with Crippen LogP contribution in [0.25, 0.3) is 11.1 Å². The van der Waals surface area contributed by atoms with E-state index in [1.54, 1.807) is 0 Å². The highest BCUT2D eigenvalue weighted by atomic mass is 16.7. The molecule has 1 aliphatic carbocycles. The van der Waals surface area contributed by atoms with Gasteiger partial charge in [0.25, 0.3) is 0 Å². The first-order valence-electron chi connectivity index (χ1n) is 11.3. The molecule has 0 aliphatic heterocycles. The SMILES string of the molecule is O=C(O)CONC(=O)CCC(NC(=O)OCC1c2ccccc2-c2ccccc21)c1ccccc1. The predicted octanol–water partition coefficient (Wildman–Crippen LogP) is 4.18. The normalized spacial score (nSPS) is 12.8. The summed E-state index contributed by atoms with van der Waals surface area (Å²) < 4.78 is 5.65. The zero-order chi connectivity index (χ0) is 24.6. The van der Waals surface area contributed by atoms with E-state index in [4.69, 9.17) is 9.84 Å². The molecule has 4 rings (SSSR count). The van der Waals surface area contributed by atoms with E-state index in [1.807, 2.05) is 54.6 Å². The summed E-state index contributed by atoms with van der Waals surface area (Å²) in [5, 5.41) is 11.5. The van der Waals surface area contributed by atoms with Crippen molar-refractivity contribution in [3.63, 3.8) is 0 Å². The van der Waals surface area contributed by atoms with Crippen LogP contribution >= 0.6 is 0 Å². The van der Waals surface area contributed by atoms with Gasteiger partial charge in [0.05, 0.1) is 6.04 Å². The molecule has 3 aromatic carbocycles. The van der Waals surface area contributed by atoms with Crippen LogP contribution in [0.1, 0.15) is 41.5 Å². The minimum atomic E-state index is -1.19. The van der Waals surface area contributed by atoms with Crippen molar-refractivity contribution in [2.75, 3.05) is 13.2 Å². The third-order valence-corrected chi connectivity index (χ3v) is 5.88. The number of nitrogens with one attached hydrogen (secondary N) is 2. The number of benzene rings is 3. The molecule has 35 heavy (non-hydrogen) atoms. The molecule has 1 unspecified atom stereocenters. The highest BCUT2D eigenvalue weighted by Gasteiger charge is 2.29. The number of carboxylic acids is 1. The maximum atomic E-state index is 12.8. The molecule has 180 valence electrons. The highest BCUT2D eigenvalue weighted by molar-refractivity contribution is 5.79. The molecule has 8 nitrogen and oxygen atoms in total. The fraction of sp³-hybridized carbons (Fsp3) is 0.222. The maximum Gasteiger partial charge on any atom is 0.407 e. The van der Waals surface area contributed by atoms with Crippen molar-refractivity contribution in [3.8, 4) is 11.1 Å². The Bertz CT molecular complexity index is 1150. The van der Waals surface area contributed by atoms with Crippen LogP contribution in [0, 0.1) is 0 Å². The summed E-state index contributed by atoms with van der Waals surface area (Å²) in [6.07, 6.45) is -0.289. The molecule has 1 atom stereocenters. The number of hydroxylamine groups is 1. The summed E-state index contributed by atoms with van der Waals surface area (Å²) in [7, 11) is 0. The lowest BCUT2D eigenvalue weighted by Crippen LogP contribution is -2.32. The van der Waals surface area contributed by atoms with Crippen molar-refractivity contribution >= 4 is 18.0 Å². The Hall–Kier alpha value is -4.17. The summed E-state index contributed by atoms with van der Waals surface area (Å²) in [6, 6.07) is 25.0. The van der Waals surface area contributed by atoms with Gasteiger partial charge in [0.2, 0.25) is 5.91 Å². The van der Waals surface area contributed by atoms with E-state index in [2.05, 4.69) is 39.9 Å². The van der Waals surface area contributed by atoms with Crippen LogP contribution in [-0.2, 0) is 19.2 Å². The number of ether oxygens (including phenoxy) is 1. The van der Waals surface area contributed by atoms with Gasteiger partial charge in [-0.15, -0.1) is 0 Å². The molecule has 0 fully saturated rings. The third-order valence-electron chi connectivity index (χ3n) is 5.88. The number of hydrogen-bond donors (Lipinski definition) is 3. The lowest BCUT2D eigenvalue weighted by molar-refractivity contribution is -0.149. The zero-order valence-corrected chi connectivity index (χ0v) is 19.0. The summed E-state index contributed by atoms with van der Waals surface area (Å²) in [5.41, 5.74) is 7.46. The van der Waals surface area contributed by atoms with Crippen molar-refractivity contribution in [1.82, 2.24) is 10.8 Å². The molecule has 0 saturated heterocycles. The van der Waals surface area contributed by atoms with Gasteiger partial charge in [0.15, 0.2) is 6.61 Å². The van der Waals surface area contributed by atoms with E-state index in [1.165, 1.54) is 0 Å². The van der Waals surface area contributed by atoms with Gasteiger partial charge in [-0.3, -0.25) is 9.63 Å². The average molecular weight is 475 g/mol. The number of rotatable bonds is 10. The third kappa shape index (κ3) is 6.04. The van der Waals surface area contributed by atoms with Gasteiger partial charge in [0, 0.05) is 12.3 Å². The second-order valence-corrected chi connectivity index (χ2v) is 8.18. The quantitative estimate of drug-likeness (QED) is 0.380. The van der Waals surface area contributed by atoms with E-state index in [0.717, 1.165) is 27.8 Å². The number of fused-ring (bicyclic) bond motifs is 3. The first kappa shape index (κ1) is 24.0. The standard InChI is InChI=1S/C27H26N2O6/c30-25(29-35-17-26(31)32)15-14-24(18-8-2-1-3-9-18)28-27(33)34-16-23-21-12-6-4-10-19(21)20-11-5-7-13-22(20)23/h1-13,23-24H,14-17H2,(H,28,33)(H,29,30)(H,31,32). The van der Waals surface area contributed by atoms with Crippen molar-refractivity contribution < 1.29 is 29.1 Å². The van der Waals surface area contributed by atoms with E-state index in [0.29, 0.717) is 0 Å². The van der Waals surface area contributed by atoms with Gasteiger partial charge in [-0.1, -0.05) is 78.9 Å². The summed E-state index contributed by atoms with van der Waals surface area (Å²) >= 11 is 0. The number of hydrogen-bond acceptors (Lipinski definition) is 5. The van der Waals surface area contributed by atoms with Crippen molar-refractivity contribution in [1.29, 1.82) is 0 Å². The average Bonchev–Trinajstić information content (AvgIpc) is 3.19. The molecule has 8 heteroatoms. The Morgan fingerprint density at radius 3 is 2.09 bits per heavy atom. The minimum absolute atomic E-state index is 0.0167. The second-order valence-electron chi connectivity index (χ2n) is 8.18. The number of alkyl carbamates (subject to hydrolysis) is 1. The second kappa shape index (κ2) is 11.3. The van der Waals surface area contributed by atoms with Crippen LogP contribution in [0.5, 0.6) is 0 Å². The molecular formula is C27H26N2O6. The summed E-state index contributed by atoms with van der Waals surface area (Å²) in [5.74, 6) is -1.73. The minimum Gasteiger partial charge on any atom is -0.479 e. The van der Waals surface area contributed by atoms with Crippen molar-refractivity contribution in [2.24, 2.45) is 0 Å². The van der Waals surface area contributed by atoms with Gasteiger partial charge < -0.3 is 15.2 Å². The number of amides is 2. The first-order chi connectivity index (χ1) is 17.0. The molecule has 2 amide bonds. The predicted molar refractivity (Wildman–Crippen MR) is 128 cm³/mol. The molecule has 0 saturated carbocycles. The zero-order valence-electron chi connectivity index (χ0n) is 19.0. The van der Waals surface area contributed by atoms with Gasteiger partial charge in [-0.25, -0.2) is 15.1 Å². The van der Waals surface area contributed by atoms with Crippen molar-refractivity contribution in [3.05, 3.63) is 95.6 Å². The first-order valence-corrected chi connectivity index (χ1v) is 11.3. The Kier molecular flexibility index (Phi) is 7.74. The van der Waals surface area contributed by atoms with E-state index >= 15 is 0 Å². The molecule has 3 N–H and O–H groups in total. The Morgan fingerprint density at radius 1 is 0.857 bits per heavy atom. The van der Waals surface area contributed by atoms with Gasteiger partial charge in [0.1, 0.15) is 6.61 Å². The molecule has 0 heterocycles. The topological polar surface area (TPSA) is 114 Å². The molecule has 0 aromatic heterocycles. The summed E-state index contributed by atoms with van der Waals surface area (Å²) in [6.45, 7) is -0.448. The fourth-order valence-corrected chi connectivity index (χ4v) is 4.29. The lowest BCUT2D eigenvalue weighted by atomic mass is 9.98. The van der Waals surface area contributed by atoms with Gasteiger partial charge >= 0.3 is 12.1 Å². The number of carbonyl (C=O) groups is 3.